The van der Waals surface area contributed by atoms with Gasteiger partial charge in [-0.15, -0.1) is 0 Å². The van der Waals surface area contributed by atoms with Crippen LogP contribution in [0.5, 0.6) is 0 Å². The van der Waals surface area contributed by atoms with E-state index in [1.54, 1.807) is 19.9 Å². The molecule has 0 spiro atoms. The molecule has 0 aromatic heterocycles. The molecular weight excluding hydrogens is 260 g/mol. The Balaban J connectivity index is 2.17. The summed E-state index contributed by atoms with van der Waals surface area (Å²) in [6.45, 7) is 3.93. The third-order valence-electron chi connectivity index (χ3n) is 3.59. The van der Waals surface area contributed by atoms with Crippen molar-refractivity contribution in [1.82, 2.24) is 5.32 Å². The molecule has 1 aliphatic rings. The lowest BCUT2D eigenvalue weighted by molar-refractivity contribution is -0.117. The van der Waals surface area contributed by atoms with E-state index in [9.17, 15) is 14.7 Å². The molecule has 2 unspecified atom stereocenters. The summed E-state index contributed by atoms with van der Waals surface area (Å²) >= 11 is 0. The number of carbonyl (C=O) groups excluding carboxylic acids is 1. The zero-order chi connectivity index (χ0) is 14.9. The van der Waals surface area contributed by atoms with E-state index in [1.807, 2.05) is 0 Å². The smallest absolute Gasteiger partial charge is 0.336 e. The van der Waals surface area contributed by atoms with Crippen molar-refractivity contribution >= 4 is 17.6 Å². The topological polar surface area (TPSA) is 98.7 Å². The van der Waals surface area contributed by atoms with Crippen molar-refractivity contribution in [1.29, 1.82) is 0 Å². The van der Waals surface area contributed by atoms with Gasteiger partial charge in [0.05, 0.1) is 17.7 Å². The van der Waals surface area contributed by atoms with Crippen LogP contribution in [0.3, 0.4) is 0 Å². The van der Waals surface area contributed by atoms with E-state index >= 15 is 0 Å². The number of benzene rings is 1. The van der Waals surface area contributed by atoms with Gasteiger partial charge in [0.25, 0.3) is 0 Å². The van der Waals surface area contributed by atoms with Crippen LogP contribution in [0.2, 0.25) is 0 Å². The van der Waals surface area contributed by atoms with Gasteiger partial charge in [-0.1, -0.05) is 0 Å². The number of aliphatic hydroxyl groups is 1. The maximum absolute atomic E-state index is 12.0. The molecule has 1 saturated heterocycles. The number of nitrogens with one attached hydrogen (secondary N) is 2. The summed E-state index contributed by atoms with van der Waals surface area (Å²) in [5, 5.41) is 24.1. The Hall–Kier alpha value is -1.92. The number of carbonyl (C=O) groups is 2. The largest absolute Gasteiger partial charge is 0.478 e. The molecule has 0 radical (unpaired) electrons. The standard InChI is InChI=1S/C14H18N2O4/c1-7-3-9(4-11(8(7)2)14(19)20)16-13(18)12-5-10(17)6-15-12/h3-4,10,12,15,17H,5-6H2,1-2H3,(H,16,18)(H,19,20). The van der Waals surface area contributed by atoms with E-state index < -0.39 is 18.1 Å². The average Bonchev–Trinajstić information content (AvgIpc) is 2.80. The normalized spacial score (nSPS) is 21.8. The molecule has 108 valence electrons. The highest BCUT2D eigenvalue weighted by molar-refractivity contribution is 5.97. The fourth-order valence-corrected chi connectivity index (χ4v) is 2.30. The van der Waals surface area contributed by atoms with Crippen LogP contribution in [0.25, 0.3) is 0 Å². The number of carboxylic acids is 1. The Morgan fingerprint density at radius 2 is 2.05 bits per heavy atom. The number of rotatable bonds is 3. The van der Waals surface area contributed by atoms with Crippen molar-refractivity contribution < 1.29 is 19.8 Å². The summed E-state index contributed by atoms with van der Waals surface area (Å²) < 4.78 is 0. The lowest BCUT2D eigenvalue weighted by Crippen LogP contribution is -2.35. The highest BCUT2D eigenvalue weighted by Gasteiger charge is 2.28. The highest BCUT2D eigenvalue weighted by Crippen LogP contribution is 2.21. The molecule has 0 saturated carbocycles. The van der Waals surface area contributed by atoms with E-state index in [0.29, 0.717) is 24.2 Å². The Kier molecular flexibility index (Phi) is 4.06. The zero-order valence-electron chi connectivity index (χ0n) is 11.4. The van der Waals surface area contributed by atoms with E-state index in [4.69, 9.17) is 5.11 Å². The summed E-state index contributed by atoms with van der Waals surface area (Å²) in [4.78, 5) is 23.2. The van der Waals surface area contributed by atoms with Gasteiger partial charge in [-0.25, -0.2) is 4.79 Å². The maximum atomic E-state index is 12.0. The van der Waals surface area contributed by atoms with Crippen LogP contribution >= 0.6 is 0 Å². The molecule has 6 heteroatoms. The number of anilines is 1. The van der Waals surface area contributed by atoms with Crippen LogP contribution in [0.4, 0.5) is 5.69 Å². The van der Waals surface area contributed by atoms with E-state index in [0.717, 1.165) is 5.56 Å². The number of aryl methyl sites for hydroxylation is 1. The highest BCUT2D eigenvalue weighted by atomic mass is 16.4. The first-order valence-electron chi connectivity index (χ1n) is 6.45. The molecule has 1 amide bonds. The van der Waals surface area contributed by atoms with Crippen LogP contribution in [0, 0.1) is 13.8 Å². The van der Waals surface area contributed by atoms with Crippen molar-refractivity contribution in [3.63, 3.8) is 0 Å². The minimum atomic E-state index is -1.02. The maximum Gasteiger partial charge on any atom is 0.336 e. The van der Waals surface area contributed by atoms with E-state index in [-0.39, 0.29) is 11.5 Å². The van der Waals surface area contributed by atoms with Gasteiger partial charge in [0, 0.05) is 12.2 Å². The minimum Gasteiger partial charge on any atom is -0.478 e. The first-order valence-corrected chi connectivity index (χ1v) is 6.45. The molecule has 1 heterocycles. The van der Waals surface area contributed by atoms with Gasteiger partial charge < -0.3 is 20.8 Å². The number of hydrogen-bond acceptors (Lipinski definition) is 4. The molecule has 1 aromatic rings. The zero-order valence-corrected chi connectivity index (χ0v) is 11.4. The van der Waals surface area contributed by atoms with Crippen LogP contribution < -0.4 is 10.6 Å². The van der Waals surface area contributed by atoms with Crippen LogP contribution in [0.15, 0.2) is 12.1 Å². The second kappa shape index (κ2) is 5.60. The lowest BCUT2D eigenvalue weighted by atomic mass is 10.0. The molecule has 1 aromatic carbocycles. The Bertz CT molecular complexity index is 556. The van der Waals surface area contributed by atoms with Crippen molar-refractivity contribution in [2.45, 2.75) is 32.4 Å². The average molecular weight is 278 g/mol. The Morgan fingerprint density at radius 1 is 1.35 bits per heavy atom. The number of hydrogen-bond donors (Lipinski definition) is 4. The first-order chi connectivity index (χ1) is 9.38. The van der Waals surface area contributed by atoms with Gasteiger partial charge in [0.15, 0.2) is 0 Å². The molecule has 0 bridgehead atoms. The fraction of sp³-hybridized carbons (Fsp3) is 0.429. The van der Waals surface area contributed by atoms with E-state index in [2.05, 4.69) is 10.6 Å². The molecule has 1 fully saturated rings. The van der Waals surface area contributed by atoms with Gasteiger partial charge >= 0.3 is 5.97 Å². The van der Waals surface area contributed by atoms with Gasteiger partial charge in [-0.05, 0) is 43.5 Å². The first kappa shape index (κ1) is 14.5. The predicted molar refractivity (Wildman–Crippen MR) is 73.9 cm³/mol. The van der Waals surface area contributed by atoms with Crippen molar-refractivity contribution in [3.05, 3.63) is 28.8 Å². The Labute approximate surface area is 116 Å². The second-order valence-corrected chi connectivity index (χ2v) is 5.11. The summed E-state index contributed by atoms with van der Waals surface area (Å²) in [7, 11) is 0. The van der Waals surface area contributed by atoms with Crippen molar-refractivity contribution in [2.75, 3.05) is 11.9 Å². The number of carboxylic acid groups (broad SMARTS) is 1. The van der Waals surface area contributed by atoms with E-state index in [1.165, 1.54) is 6.07 Å². The van der Waals surface area contributed by atoms with Crippen LogP contribution in [-0.2, 0) is 4.79 Å². The van der Waals surface area contributed by atoms with Crippen LogP contribution in [0.1, 0.15) is 27.9 Å². The molecule has 2 atom stereocenters. The summed E-state index contributed by atoms with van der Waals surface area (Å²) in [5.74, 6) is -1.28. The Morgan fingerprint density at radius 3 is 2.60 bits per heavy atom. The minimum absolute atomic E-state index is 0.180. The molecular formula is C14H18N2O4. The molecule has 1 aliphatic heterocycles. The van der Waals surface area contributed by atoms with Gasteiger partial charge in [-0.2, -0.15) is 0 Å². The molecule has 0 aliphatic carbocycles. The SMILES string of the molecule is Cc1cc(NC(=O)C2CC(O)CN2)cc(C(=O)O)c1C. The molecule has 2 rings (SSSR count). The second-order valence-electron chi connectivity index (χ2n) is 5.11. The predicted octanol–water partition coefficient (Wildman–Crippen LogP) is 0.663. The summed E-state index contributed by atoms with van der Waals surface area (Å²) in [6, 6.07) is 2.75. The number of β-amino-alcohol motifs (C(OH)–C–C–N with tert-alkyl or cyclic N) is 1. The number of aliphatic hydroxyl groups excluding tert-OH is 1. The number of amides is 1. The third-order valence-corrected chi connectivity index (χ3v) is 3.59. The summed E-state index contributed by atoms with van der Waals surface area (Å²) in [6.07, 6.45) is -0.150. The third kappa shape index (κ3) is 2.97. The lowest BCUT2D eigenvalue weighted by Gasteiger charge is -2.13. The van der Waals surface area contributed by atoms with Crippen molar-refractivity contribution in [3.8, 4) is 0 Å². The summed E-state index contributed by atoms with van der Waals surface area (Å²) in [5.41, 5.74) is 2.13. The number of aromatic carboxylic acids is 1. The van der Waals surface area contributed by atoms with Gasteiger partial charge in [-0.3, -0.25) is 4.79 Å². The molecule has 6 nitrogen and oxygen atoms in total. The molecule has 20 heavy (non-hydrogen) atoms. The molecule has 4 N–H and O–H groups in total. The van der Waals surface area contributed by atoms with Crippen molar-refractivity contribution in [2.24, 2.45) is 0 Å². The fourth-order valence-electron chi connectivity index (χ4n) is 2.30. The monoisotopic (exact) mass is 278 g/mol. The quantitative estimate of drug-likeness (QED) is 0.651. The van der Waals surface area contributed by atoms with Crippen LogP contribution in [-0.4, -0.2) is 40.8 Å². The van der Waals surface area contributed by atoms with Gasteiger partial charge in [0.1, 0.15) is 0 Å². The van der Waals surface area contributed by atoms with Gasteiger partial charge in [0.2, 0.25) is 5.91 Å².